The standard InChI is InChI=1S/C10H18F3N/c1-4-9(2)6-5-8(10(11,12)13)14(3)7-9/h8H,4-7H2,1-3H3. The van der Waals surface area contributed by atoms with Gasteiger partial charge in [-0.2, -0.15) is 13.2 Å². The number of likely N-dealkylation sites (tertiary alicyclic amines) is 1. The Labute approximate surface area is 83.3 Å². The van der Waals surface area contributed by atoms with Crippen molar-refractivity contribution in [3.05, 3.63) is 0 Å². The SMILES string of the molecule is CCC1(C)CCC(C(F)(F)F)N(C)C1. The van der Waals surface area contributed by atoms with Gasteiger partial charge in [0, 0.05) is 6.54 Å². The molecule has 0 amide bonds. The average Bonchev–Trinajstić information content (AvgIpc) is 2.01. The Morgan fingerprint density at radius 3 is 2.36 bits per heavy atom. The summed E-state index contributed by atoms with van der Waals surface area (Å²) in [5.41, 5.74) is 0.0660. The summed E-state index contributed by atoms with van der Waals surface area (Å²) in [6, 6.07) is -1.23. The molecule has 1 aliphatic heterocycles. The zero-order valence-electron chi connectivity index (χ0n) is 8.99. The summed E-state index contributed by atoms with van der Waals surface area (Å²) < 4.78 is 37.5. The number of rotatable bonds is 1. The van der Waals surface area contributed by atoms with Crippen LogP contribution in [0.1, 0.15) is 33.1 Å². The van der Waals surface area contributed by atoms with Crippen LogP contribution in [0.15, 0.2) is 0 Å². The van der Waals surface area contributed by atoms with Crippen molar-refractivity contribution in [3.63, 3.8) is 0 Å². The van der Waals surface area contributed by atoms with Gasteiger partial charge in [-0.3, -0.25) is 4.90 Å². The maximum atomic E-state index is 12.5. The molecule has 4 heteroatoms. The monoisotopic (exact) mass is 209 g/mol. The molecule has 1 fully saturated rings. The van der Waals surface area contributed by atoms with Crippen LogP contribution >= 0.6 is 0 Å². The molecule has 0 radical (unpaired) electrons. The van der Waals surface area contributed by atoms with Crippen molar-refractivity contribution >= 4 is 0 Å². The first-order chi connectivity index (χ1) is 6.28. The molecule has 1 saturated heterocycles. The van der Waals surface area contributed by atoms with E-state index in [1.165, 1.54) is 4.90 Å². The number of hydrogen-bond donors (Lipinski definition) is 0. The quantitative estimate of drug-likeness (QED) is 0.641. The van der Waals surface area contributed by atoms with Gasteiger partial charge in [-0.1, -0.05) is 13.8 Å². The fourth-order valence-electron chi connectivity index (χ4n) is 2.20. The zero-order chi connectivity index (χ0) is 11.0. The van der Waals surface area contributed by atoms with Crippen molar-refractivity contribution in [2.24, 2.45) is 5.41 Å². The summed E-state index contributed by atoms with van der Waals surface area (Å²) in [6.45, 7) is 4.66. The molecule has 1 aliphatic rings. The number of piperidine rings is 1. The van der Waals surface area contributed by atoms with E-state index < -0.39 is 12.2 Å². The molecule has 0 aliphatic carbocycles. The first-order valence-electron chi connectivity index (χ1n) is 5.05. The van der Waals surface area contributed by atoms with Crippen molar-refractivity contribution in [3.8, 4) is 0 Å². The minimum atomic E-state index is -4.07. The third-order valence-corrected chi connectivity index (χ3v) is 3.42. The summed E-state index contributed by atoms with van der Waals surface area (Å²) in [6.07, 6.45) is -2.20. The highest BCUT2D eigenvalue weighted by molar-refractivity contribution is 4.89. The number of nitrogens with zero attached hydrogens (tertiary/aromatic N) is 1. The molecule has 84 valence electrons. The third kappa shape index (κ3) is 2.41. The third-order valence-electron chi connectivity index (χ3n) is 3.42. The highest BCUT2D eigenvalue weighted by Crippen LogP contribution is 2.39. The average molecular weight is 209 g/mol. The highest BCUT2D eigenvalue weighted by atomic mass is 19.4. The molecule has 0 aromatic rings. The Morgan fingerprint density at radius 1 is 1.43 bits per heavy atom. The van der Waals surface area contributed by atoms with Crippen LogP contribution in [0.5, 0.6) is 0 Å². The fourth-order valence-corrected chi connectivity index (χ4v) is 2.20. The molecular formula is C10H18F3N. The summed E-state index contributed by atoms with van der Waals surface area (Å²) in [7, 11) is 1.57. The van der Waals surface area contributed by atoms with Gasteiger partial charge in [0.15, 0.2) is 0 Å². The summed E-state index contributed by atoms with van der Waals surface area (Å²) in [5, 5.41) is 0. The molecule has 14 heavy (non-hydrogen) atoms. The maximum Gasteiger partial charge on any atom is 0.404 e. The van der Waals surface area contributed by atoms with Crippen LogP contribution in [0, 0.1) is 5.41 Å². The Morgan fingerprint density at radius 2 is 2.00 bits per heavy atom. The molecule has 0 bridgehead atoms. The smallest absolute Gasteiger partial charge is 0.295 e. The Balaban J connectivity index is 2.65. The predicted molar refractivity (Wildman–Crippen MR) is 50.1 cm³/mol. The van der Waals surface area contributed by atoms with Gasteiger partial charge in [-0.15, -0.1) is 0 Å². The minimum absolute atomic E-state index is 0.0660. The van der Waals surface area contributed by atoms with Gasteiger partial charge in [0.25, 0.3) is 0 Å². The molecule has 1 nitrogen and oxygen atoms in total. The maximum absolute atomic E-state index is 12.5. The van der Waals surface area contributed by atoms with Crippen LogP contribution < -0.4 is 0 Å². The highest BCUT2D eigenvalue weighted by Gasteiger charge is 2.46. The molecule has 1 heterocycles. The summed E-state index contributed by atoms with van der Waals surface area (Å²) in [5.74, 6) is 0. The van der Waals surface area contributed by atoms with E-state index in [4.69, 9.17) is 0 Å². The van der Waals surface area contributed by atoms with E-state index in [0.29, 0.717) is 13.0 Å². The summed E-state index contributed by atoms with van der Waals surface area (Å²) >= 11 is 0. The molecule has 0 aromatic heterocycles. The molecule has 2 atom stereocenters. The Kier molecular flexibility index (Phi) is 3.14. The second kappa shape index (κ2) is 3.72. The minimum Gasteiger partial charge on any atom is -0.295 e. The van der Waals surface area contributed by atoms with Gasteiger partial charge in [-0.25, -0.2) is 0 Å². The van der Waals surface area contributed by atoms with Gasteiger partial charge >= 0.3 is 6.18 Å². The van der Waals surface area contributed by atoms with Crippen LogP contribution in [-0.2, 0) is 0 Å². The van der Waals surface area contributed by atoms with Gasteiger partial charge < -0.3 is 0 Å². The molecule has 0 aromatic carbocycles. The van der Waals surface area contributed by atoms with E-state index in [0.717, 1.165) is 6.42 Å². The van der Waals surface area contributed by atoms with Crippen molar-refractivity contribution in [1.82, 2.24) is 4.90 Å². The molecule has 0 spiro atoms. The van der Waals surface area contributed by atoms with E-state index in [9.17, 15) is 13.2 Å². The van der Waals surface area contributed by atoms with E-state index in [1.54, 1.807) is 7.05 Å². The second-order valence-corrected chi connectivity index (χ2v) is 4.68. The van der Waals surface area contributed by atoms with Gasteiger partial charge in [0.1, 0.15) is 6.04 Å². The second-order valence-electron chi connectivity index (χ2n) is 4.68. The number of hydrogen-bond acceptors (Lipinski definition) is 1. The lowest BCUT2D eigenvalue weighted by Crippen LogP contribution is -2.51. The Bertz CT molecular complexity index is 202. The first-order valence-corrected chi connectivity index (χ1v) is 5.05. The van der Waals surface area contributed by atoms with E-state index in [2.05, 4.69) is 6.92 Å². The van der Waals surface area contributed by atoms with Crippen molar-refractivity contribution < 1.29 is 13.2 Å². The largest absolute Gasteiger partial charge is 0.404 e. The lowest BCUT2D eigenvalue weighted by Gasteiger charge is -2.43. The summed E-state index contributed by atoms with van der Waals surface area (Å²) in [4.78, 5) is 1.45. The van der Waals surface area contributed by atoms with Crippen LogP contribution in [0.2, 0.25) is 0 Å². The van der Waals surface area contributed by atoms with E-state index >= 15 is 0 Å². The van der Waals surface area contributed by atoms with E-state index in [1.807, 2.05) is 6.92 Å². The number of alkyl halides is 3. The van der Waals surface area contributed by atoms with Crippen LogP contribution in [-0.4, -0.2) is 30.7 Å². The van der Waals surface area contributed by atoms with Crippen molar-refractivity contribution in [2.45, 2.75) is 45.3 Å². The van der Waals surface area contributed by atoms with Crippen molar-refractivity contribution in [1.29, 1.82) is 0 Å². The van der Waals surface area contributed by atoms with Crippen LogP contribution in [0.3, 0.4) is 0 Å². The van der Waals surface area contributed by atoms with Gasteiger partial charge in [0.05, 0.1) is 0 Å². The number of halogens is 3. The lowest BCUT2D eigenvalue weighted by atomic mass is 9.77. The van der Waals surface area contributed by atoms with Crippen LogP contribution in [0.4, 0.5) is 13.2 Å². The normalized spacial score (nSPS) is 36.0. The van der Waals surface area contributed by atoms with Gasteiger partial charge in [0.2, 0.25) is 0 Å². The van der Waals surface area contributed by atoms with Gasteiger partial charge in [-0.05, 0) is 31.7 Å². The molecule has 2 unspecified atom stereocenters. The first kappa shape index (κ1) is 11.8. The lowest BCUT2D eigenvalue weighted by molar-refractivity contribution is -0.195. The topological polar surface area (TPSA) is 3.24 Å². The molecule has 0 N–H and O–H groups in total. The zero-order valence-corrected chi connectivity index (χ0v) is 8.99. The molecule has 1 rings (SSSR count). The van der Waals surface area contributed by atoms with Crippen LogP contribution in [0.25, 0.3) is 0 Å². The fraction of sp³-hybridized carbons (Fsp3) is 1.00. The van der Waals surface area contributed by atoms with Crippen molar-refractivity contribution in [2.75, 3.05) is 13.6 Å². The molecular weight excluding hydrogens is 191 g/mol. The Hall–Kier alpha value is -0.250. The predicted octanol–water partition coefficient (Wildman–Crippen LogP) is 3.06. The van der Waals surface area contributed by atoms with E-state index in [-0.39, 0.29) is 11.8 Å². The molecule has 0 saturated carbocycles.